The van der Waals surface area contributed by atoms with Crippen molar-refractivity contribution in [3.05, 3.63) is 76.8 Å². The van der Waals surface area contributed by atoms with E-state index in [1.165, 1.54) is 7.05 Å². The minimum Gasteiger partial charge on any atom is -0.309 e. The number of hydrogen-bond acceptors (Lipinski definition) is 3. The van der Waals surface area contributed by atoms with E-state index in [1.54, 1.807) is 24.3 Å². The number of halogens is 4. The molecule has 0 aliphatic carbocycles. The van der Waals surface area contributed by atoms with Crippen molar-refractivity contribution in [3.63, 3.8) is 0 Å². The van der Waals surface area contributed by atoms with Gasteiger partial charge in [-0.05, 0) is 51.9 Å². The fourth-order valence-electron chi connectivity index (χ4n) is 3.98. The van der Waals surface area contributed by atoms with Crippen LogP contribution in [0.15, 0.2) is 59.5 Å². The Morgan fingerprint density at radius 2 is 1.74 bits per heavy atom. The maximum atomic E-state index is 14.4. The zero-order valence-corrected chi connectivity index (χ0v) is 18.3. The van der Waals surface area contributed by atoms with Gasteiger partial charge in [-0.2, -0.15) is 13.2 Å². The van der Waals surface area contributed by atoms with Crippen LogP contribution in [0.5, 0.6) is 0 Å². The number of nitrogens with zero attached hydrogens (tertiary/aromatic N) is 3. The number of rotatable bonds is 6. The molecular formula is C21H22ClF3N4OS. The van der Waals surface area contributed by atoms with Gasteiger partial charge in [0.15, 0.2) is 5.82 Å². The lowest BCUT2D eigenvalue weighted by molar-refractivity contribution is -0.147. The summed E-state index contributed by atoms with van der Waals surface area (Å²) in [5, 5.41) is 7.74. The van der Waals surface area contributed by atoms with Crippen LogP contribution >= 0.6 is 11.6 Å². The molecule has 166 valence electrons. The number of alkyl halides is 3. The highest BCUT2D eigenvalue weighted by molar-refractivity contribution is 8.19. The number of benzene rings is 2. The smallest absolute Gasteiger partial charge is 0.309 e. The Hall–Kier alpha value is -2.23. The standard InChI is InChI=1S/C21H22ClF3N4OS/c1-29-19(26-27-20(29)21(23,24)25)18(14-15-6-3-2-4-7-15)28-31(30,12-5-13-31)17-10-8-16(22)9-11-17/h2-4,6-11,18H,5,12-14H2,1H3,(H,28,30). The van der Waals surface area contributed by atoms with Gasteiger partial charge in [0, 0.05) is 28.5 Å². The first-order valence-electron chi connectivity index (χ1n) is 9.77. The Labute approximate surface area is 183 Å². The molecule has 4 rings (SSSR count). The summed E-state index contributed by atoms with van der Waals surface area (Å²) in [5.74, 6) is -0.178. The monoisotopic (exact) mass is 470 g/mol. The highest BCUT2D eigenvalue weighted by atomic mass is 35.5. The second-order valence-electron chi connectivity index (χ2n) is 7.80. The third-order valence-electron chi connectivity index (χ3n) is 5.69. The Morgan fingerprint density at radius 1 is 1.10 bits per heavy atom. The van der Waals surface area contributed by atoms with Crippen molar-refractivity contribution in [2.24, 2.45) is 7.05 Å². The molecule has 3 aromatic rings. The molecule has 1 atom stereocenters. The minimum absolute atomic E-state index is 0.0888. The summed E-state index contributed by atoms with van der Waals surface area (Å²) in [6, 6.07) is 15.4. The largest absolute Gasteiger partial charge is 0.451 e. The van der Waals surface area contributed by atoms with Crippen molar-refractivity contribution in [2.45, 2.75) is 30.0 Å². The maximum absolute atomic E-state index is 14.4. The minimum atomic E-state index is -4.63. The summed E-state index contributed by atoms with van der Waals surface area (Å²) in [5.41, 5.74) is 0.884. The predicted molar refractivity (Wildman–Crippen MR) is 114 cm³/mol. The van der Waals surface area contributed by atoms with E-state index in [4.69, 9.17) is 11.6 Å². The van der Waals surface area contributed by atoms with Crippen molar-refractivity contribution in [1.82, 2.24) is 19.5 Å². The van der Waals surface area contributed by atoms with Gasteiger partial charge in [-0.25, -0.2) is 4.72 Å². The molecular weight excluding hydrogens is 449 g/mol. The lowest BCUT2D eigenvalue weighted by atomic mass is 10.1. The lowest BCUT2D eigenvalue weighted by Crippen LogP contribution is -2.61. The molecule has 1 aromatic heterocycles. The fraction of sp³-hybridized carbons (Fsp3) is 0.333. The second kappa shape index (κ2) is 7.72. The van der Waals surface area contributed by atoms with E-state index in [0.717, 1.165) is 16.6 Å². The van der Waals surface area contributed by atoms with Crippen molar-refractivity contribution in [3.8, 4) is 0 Å². The van der Waals surface area contributed by atoms with E-state index < -0.39 is 27.3 Å². The van der Waals surface area contributed by atoms with Crippen molar-refractivity contribution < 1.29 is 17.4 Å². The summed E-state index contributed by atoms with van der Waals surface area (Å²) in [6.45, 7) is 0. The molecule has 0 bridgehead atoms. The molecule has 1 unspecified atom stereocenters. The summed E-state index contributed by atoms with van der Waals surface area (Å²) in [7, 11) is -2.24. The van der Waals surface area contributed by atoms with Crippen LogP contribution in [-0.4, -0.2) is 30.5 Å². The van der Waals surface area contributed by atoms with Gasteiger partial charge >= 0.3 is 6.18 Å². The van der Waals surface area contributed by atoms with E-state index >= 15 is 0 Å². The first kappa shape index (κ1) is 22.0. The number of nitrogens with one attached hydrogen (secondary N) is 1. The molecule has 0 spiro atoms. The molecule has 1 N–H and O–H groups in total. The normalized spacial score (nSPS) is 19.7. The number of aromatic nitrogens is 3. The molecule has 2 aromatic carbocycles. The first-order chi connectivity index (χ1) is 14.6. The molecule has 5 nitrogen and oxygen atoms in total. The second-order valence-corrected chi connectivity index (χ2v) is 12.3. The van der Waals surface area contributed by atoms with Gasteiger partial charge in [0.05, 0.1) is 6.04 Å². The van der Waals surface area contributed by atoms with Crippen molar-refractivity contribution in [2.75, 3.05) is 11.5 Å². The molecule has 1 aliphatic rings. The highest BCUT2D eigenvalue weighted by Crippen LogP contribution is 2.44. The SMILES string of the molecule is Cn1c(C(Cc2ccccc2)NS2(=O)(c3ccc(Cl)cc3)CCC2)nnc1C(F)(F)F. The van der Waals surface area contributed by atoms with E-state index in [0.29, 0.717) is 27.8 Å². The molecule has 0 radical (unpaired) electrons. The average Bonchev–Trinajstić information content (AvgIpc) is 3.09. The average molecular weight is 471 g/mol. The van der Waals surface area contributed by atoms with Gasteiger partial charge in [0.1, 0.15) is 0 Å². The molecule has 1 saturated heterocycles. The van der Waals surface area contributed by atoms with Crippen LogP contribution in [0.2, 0.25) is 5.02 Å². The van der Waals surface area contributed by atoms with Gasteiger partial charge in [0.2, 0.25) is 5.82 Å². The van der Waals surface area contributed by atoms with Gasteiger partial charge < -0.3 is 4.57 Å². The van der Waals surface area contributed by atoms with E-state index in [2.05, 4.69) is 14.9 Å². The van der Waals surface area contributed by atoms with Crippen LogP contribution in [0, 0.1) is 0 Å². The third-order valence-corrected chi connectivity index (χ3v) is 10.4. The van der Waals surface area contributed by atoms with Gasteiger partial charge in [0.25, 0.3) is 0 Å². The maximum Gasteiger partial charge on any atom is 0.451 e. The molecule has 2 heterocycles. The van der Waals surface area contributed by atoms with E-state index in [-0.39, 0.29) is 5.82 Å². The molecule has 1 fully saturated rings. The van der Waals surface area contributed by atoms with Crippen LogP contribution in [0.4, 0.5) is 13.2 Å². The van der Waals surface area contributed by atoms with E-state index in [1.807, 2.05) is 30.3 Å². The first-order valence-corrected chi connectivity index (χ1v) is 12.5. The van der Waals surface area contributed by atoms with Crippen LogP contribution in [0.3, 0.4) is 0 Å². The fourth-order valence-corrected chi connectivity index (χ4v) is 7.67. The molecule has 1 aliphatic heterocycles. The summed E-state index contributed by atoms with van der Waals surface area (Å²) < 4.78 is 58.6. The third kappa shape index (κ3) is 4.14. The Balaban J connectivity index is 1.77. The van der Waals surface area contributed by atoms with Crippen LogP contribution < -0.4 is 4.72 Å². The Bertz CT molecular complexity index is 1140. The summed E-state index contributed by atoms with van der Waals surface area (Å²) in [6.07, 6.45) is -3.57. The van der Waals surface area contributed by atoms with Gasteiger partial charge in [-0.3, -0.25) is 4.21 Å². The molecule has 0 saturated carbocycles. The predicted octanol–water partition coefficient (Wildman–Crippen LogP) is 4.56. The zero-order valence-electron chi connectivity index (χ0n) is 16.8. The summed E-state index contributed by atoms with van der Waals surface area (Å²) in [4.78, 5) is 0.615. The highest BCUT2D eigenvalue weighted by Gasteiger charge is 2.48. The summed E-state index contributed by atoms with van der Waals surface area (Å²) >= 11 is 6.01. The molecule has 0 amide bonds. The number of hydrogen-bond donors (Lipinski definition) is 1. The van der Waals surface area contributed by atoms with Crippen LogP contribution in [-0.2, 0) is 28.9 Å². The quantitative estimate of drug-likeness (QED) is 0.574. The van der Waals surface area contributed by atoms with Crippen molar-refractivity contribution in [1.29, 1.82) is 0 Å². The Morgan fingerprint density at radius 3 is 2.26 bits per heavy atom. The lowest BCUT2D eigenvalue weighted by Gasteiger charge is -2.52. The van der Waals surface area contributed by atoms with Gasteiger partial charge in [-0.15, -0.1) is 10.2 Å². The Kier molecular flexibility index (Phi) is 5.47. The molecule has 10 heteroatoms. The van der Waals surface area contributed by atoms with E-state index in [9.17, 15) is 17.4 Å². The molecule has 31 heavy (non-hydrogen) atoms. The van der Waals surface area contributed by atoms with Crippen molar-refractivity contribution >= 4 is 20.9 Å². The van der Waals surface area contributed by atoms with Crippen LogP contribution in [0.1, 0.15) is 29.7 Å². The van der Waals surface area contributed by atoms with Crippen LogP contribution in [0.25, 0.3) is 0 Å². The topological polar surface area (TPSA) is 59.8 Å². The van der Waals surface area contributed by atoms with Gasteiger partial charge in [-0.1, -0.05) is 41.9 Å². The zero-order chi connectivity index (χ0) is 22.3.